The molecule has 0 aliphatic carbocycles. The Balaban J connectivity index is 2.01. The number of likely N-dealkylation sites (tertiary alicyclic amines) is 2. The van der Waals surface area contributed by atoms with Crippen molar-refractivity contribution in [3.8, 4) is 0 Å². The van der Waals surface area contributed by atoms with E-state index in [1.807, 2.05) is 0 Å². The third-order valence-electron chi connectivity index (χ3n) is 3.99. The van der Waals surface area contributed by atoms with Crippen LogP contribution in [-0.4, -0.2) is 60.3 Å². The van der Waals surface area contributed by atoms with Crippen LogP contribution in [0.1, 0.15) is 25.7 Å². The summed E-state index contributed by atoms with van der Waals surface area (Å²) in [5.74, 6) is 0. The molecule has 2 aliphatic rings. The van der Waals surface area contributed by atoms with Crippen molar-refractivity contribution in [1.82, 2.24) is 9.80 Å². The van der Waals surface area contributed by atoms with E-state index in [4.69, 9.17) is 0 Å². The second kappa shape index (κ2) is 3.80. The third kappa shape index (κ3) is 1.81. The zero-order valence-corrected chi connectivity index (χ0v) is 9.37. The van der Waals surface area contributed by atoms with E-state index in [2.05, 4.69) is 23.9 Å². The molecule has 2 fully saturated rings. The van der Waals surface area contributed by atoms with Gasteiger partial charge in [0.05, 0.1) is 5.60 Å². The molecule has 3 nitrogen and oxygen atoms in total. The van der Waals surface area contributed by atoms with Crippen molar-refractivity contribution in [1.29, 1.82) is 0 Å². The van der Waals surface area contributed by atoms with Gasteiger partial charge in [-0.05, 0) is 46.3 Å². The summed E-state index contributed by atoms with van der Waals surface area (Å²) in [5, 5.41) is 10.6. The van der Waals surface area contributed by atoms with E-state index in [0.717, 1.165) is 32.5 Å². The summed E-state index contributed by atoms with van der Waals surface area (Å²) in [6, 6.07) is 0.413. The summed E-state index contributed by atoms with van der Waals surface area (Å²) < 4.78 is 0. The summed E-state index contributed by atoms with van der Waals surface area (Å²) in [5.41, 5.74) is -0.405. The molecule has 0 saturated carbocycles. The average Bonchev–Trinajstić information content (AvgIpc) is 2.58. The minimum atomic E-state index is -0.405. The van der Waals surface area contributed by atoms with Crippen molar-refractivity contribution in [3.63, 3.8) is 0 Å². The van der Waals surface area contributed by atoms with Gasteiger partial charge in [-0.2, -0.15) is 0 Å². The van der Waals surface area contributed by atoms with Crippen LogP contribution < -0.4 is 0 Å². The Morgan fingerprint density at radius 2 is 1.79 bits per heavy atom. The topological polar surface area (TPSA) is 26.7 Å². The van der Waals surface area contributed by atoms with Crippen LogP contribution in [0.2, 0.25) is 0 Å². The first-order valence-corrected chi connectivity index (χ1v) is 5.73. The largest absolute Gasteiger partial charge is 0.388 e. The molecule has 0 aromatic heterocycles. The van der Waals surface area contributed by atoms with Crippen LogP contribution >= 0.6 is 0 Å². The monoisotopic (exact) mass is 198 g/mol. The first-order valence-electron chi connectivity index (χ1n) is 5.73. The van der Waals surface area contributed by atoms with Crippen LogP contribution in [0.15, 0.2) is 0 Å². The van der Waals surface area contributed by atoms with Gasteiger partial charge >= 0.3 is 0 Å². The molecule has 1 atom stereocenters. The number of nitrogens with zero attached hydrogens (tertiary/aromatic N) is 2. The SMILES string of the molecule is CN1CCC(O)(C2CCCN2C)CC1. The minimum absolute atomic E-state index is 0.405. The maximum absolute atomic E-state index is 10.6. The second-order valence-electron chi connectivity index (χ2n) is 5.05. The number of likely N-dealkylation sites (N-methyl/N-ethyl adjacent to an activating group) is 1. The number of aliphatic hydroxyl groups is 1. The zero-order chi connectivity index (χ0) is 10.2. The first kappa shape index (κ1) is 10.4. The van der Waals surface area contributed by atoms with Crippen LogP contribution in [0.5, 0.6) is 0 Å². The molecule has 0 radical (unpaired) electrons. The van der Waals surface area contributed by atoms with Gasteiger partial charge < -0.3 is 14.9 Å². The normalized spacial score (nSPS) is 34.9. The fourth-order valence-corrected chi connectivity index (χ4v) is 2.93. The van der Waals surface area contributed by atoms with E-state index in [1.165, 1.54) is 12.8 Å². The van der Waals surface area contributed by atoms with E-state index in [-0.39, 0.29) is 0 Å². The molecule has 1 N–H and O–H groups in total. The Morgan fingerprint density at radius 3 is 2.29 bits per heavy atom. The molecule has 2 aliphatic heterocycles. The highest BCUT2D eigenvalue weighted by Crippen LogP contribution is 2.33. The van der Waals surface area contributed by atoms with Crippen molar-refractivity contribution in [2.24, 2.45) is 0 Å². The van der Waals surface area contributed by atoms with Crippen molar-refractivity contribution >= 4 is 0 Å². The van der Waals surface area contributed by atoms with Crippen LogP contribution in [0.4, 0.5) is 0 Å². The van der Waals surface area contributed by atoms with Gasteiger partial charge in [0.2, 0.25) is 0 Å². The van der Waals surface area contributed by atoms with Gasteiger partial charge in [0.15, 0.2) is 0 Å². The van der Waals surface area contributed by atoms with E-state index < -0.39 is 5.60 Å². The Labute approximate surface area is 86.7 Å². The van der Waals surface area contributed by atoms with E-state index >= 15 is 0 Å². The fraction of sp³-hybridized carbons (Fsp3) is 1.00. The molecule has 2 saturated heterocycles. The molecular weight excluding hydrogens is 176 g/mol. The maximum atomic E-state index is 10.6. The Bertz CT molecular complexity index is 199. The van der Waals surface area contributed by atoms with Gasteiger partial charge in [0, 0.05) is 19.1 Å². The number of piperidine rings is 1. The smallest absolute Gasteiger partial charge is 0.0826 e. The van der Waals surface area contributed by atoms with Crippen molar-refractivity contribution in [3.05, 3.63) is 0 Å². The van der Waals surface area contributed by atoms with Gasteiger partial charge in [-0.1, -0.05) is 0 Å². The zero-order valence-electron chi connectivity index (χ0n) is 9.37. The molecular formula is C11H22N2O. The molecule has 2 rings (SSSR count). The first-order chi connectivity index (χ1) is 6.62. The van der Waals surface area contributed by atoms with E-state index in [1.54, 1.807) is 0 Å². The number of rotatable bonds is 1. The summed E-state index contributed by atoms with van der Waals surface area (Å²) in [4.78, 5) is 4.65. The molecule has 82 valence electrons. The predicted octanol–water partition coefficient (Wildman–Crippen LogP) is 0.537. The number of hydrogen-bond acceptors (Lipinski definition) is 3. The van der Waals surface area contributed by atoms with E-state index in [0.29, 0.717) is 6.04 Å². The van der Waals surface area contributed by atoms with Gasteiger partial charge in [-0.25, -0.2) is 0 Å². The Kier molecular flexibility index (Phi) is 2.82. The van der Waals surface area contributed by atoms with Gasteiger partial charge in [0.25, 0.3) is 0 Å². The summed E-state index contributed by atoms with van der Waals surface area (Å²) in [6.45, 7) is 3.24. The third-order valence-corrected chi connectivity index (χ3v) is 3.99. The van der Waals surface area contributed by atoms with Crippen LogP contribution in [-0.2, 0) is 0 Å². The molecule has 0 spiro atoms. The molecule has 2 heterocycles. The lowest BCUT2D eigenvalue weighted by Gasteiger charge is -2.43. The molecule has 1 unspecified atom stereocenters. The summed E-state index contributed by atoms with van der Waals surface area (Å²) >= 11 is 0. The molecule has 0 aromatic rings. The molecule has 0 amide bonds. The van der Waals surface area contributed by atoms with Gasteiger partial charge in [-0.3, -0.25) is 0 Å². The lowest BCUT2D eigenvalue weighted by molar-refractivity contribution is -0.0671. The highest BCUT2D eigenvalue weighted by molar-refractivity contribution is 4.98. The minimum Gasteiger partial charge on any atom is -0.388 e. The summed E-state index contributed by atoms with van der Waals surface area (Å²) in [7, 11) is 4.28. The number of hydrogen-bond donors (Lipinski definition) is 1. The van der Waals surface area contributed by atoms with Gasteiger partial charge in [-0.15, -0.1) is 0 Å². The van der Waals surface area contributed by atoms with Crippen molar-refractivity contribution < 1.29 is 5.11 Å². The Morgan fingerprint density at radius 1 is 1.14 bits per heavy atom. The van der Waals surface area contributed by atoms with Crippen LogP contribution in [0.25, 0.3) is 0 Å². The molecule has 0 bridgehead atoms. The highest BCUT2D eigenvalue weighted by Gasteiger charge is 2.42. The lowest BCUT2D eigenvalue weighted by Crippen LogP contribution is -2.54. The summed E-state index contributed by atoms with van der Waals surface area (Å²) in [6.07, 6.45) is 4.31. The Hall–Kier alpha value is -0.120. The van der Waals surface area contributed by atoms with Crippen molar-refractivity contribution in [2.45, 2.75) is 37.3 Å². The standard InChI is InChI=1S/C11H22N2O/c1-12-8-5-11(14,6-9-12)10-4-3-7-13(10)2/h10,14H,3-9H2,1-2H3. The second-order valence-corrected chi connectivity index (χ2v) is 5.05. The van der Waals surface area contributed by atoms with E-state index in [9.17, 15) is 5.11 Å². The van der Waals surface area contributed by atoms with Crippen LogP contribution in [0.3, 0.4) is 0 Å². The maximum Gasteiger partial charge on any atom is 0.0826 e. The molecule has 0 aromatic carbocycles. The predicted molar refractivity (Wildman–Crippen MR) is 57.3 cm³/mol. The lowest BCUT2D eigenvalue weighted by atomic mass is 9.83. The molecule has 14 heavy (non-hydrogen) atoms. The quantitative estimate of drug-likeness (QED) is 0.666. The fourth-order valence-electron chi connectivity index (χ4n) is 2.93. The average molecular weight is 198 g/mol. The van der Waals surface area contributed by atoms with Crippen molar-refractivity contribution in [2.75, 3.05) is 33.7 Å². The van der Waals surface area contributed by atoms with Gasteiger partial charge in [0.1, 0.15) is 0 Å². The molecule has 3 heteroatoms. The highest BCUT2D eigenvalue weighted by atomic mass is 16.3. The van der Waals surface area contributed by atoms with Crippen LogP contribution in [0, 0.1) is 0 Å².